The molecule has 2 rings (SSSR count). The molecule has 0 aliphatic rings. The molecule has 0 saturated heterocycles. The maximum absolute atomic E-state index is 13.4. The van der Waals surface area contributed by atoms with Gasteiger partial charge in [0.25, 0.3) is 0 Å². The highest BCUT2D eigenvalue weighted by Crippen LogP contribution is 2.24. The van der Waals surface area contributed by atoms with Crippen molar-refractivity contribution in [3.63, 3.8) is 0 Å². The predicted molar refractivity (Wildman–Crippen MR) is 53.0 cm³/mol. The van der Waals surface area contributed by atoms with Gasteiger partial charge in [-0.2, -0.15) is 0 Å². The number of benzene rings is 1. The molecular formula is C12H8FN. The van der Waals surface area contributed by atoms with Gasteiger partial charge in [0.1, 0.15) is 5.82 Å². The Balaban J connectivity index is 2.61. The highest BCUT2D eigenvalue weighted by atomic mass is 19.1. The Morgan fingerprint density at radius 1 is 1.07 bits per heavy atom. The molecular weight excluding hydrogens is 177 g/mol. The molecule has 1 heterocycles. The second-order valence-electron chi connectivity index (χ2n) is 2.94. The molecule has 1 aromatic heterocycles. The van der Waals surface area contributed by atoms with Crippen LogP contribution in [0, 0.1) is 12.7 Å². The zero-order valence-electron chi connectivity index (χ0n) is 7.44. The molecule has 0 bridgehead atoms. The van der Waals surface area contributed by atoms with Crippen LogP contribution in [0.25, 0.3) is 11.1 Å². The number of hydrogen-bond acceptors (Lipinski definition) is 1. The Morgan fingerprint density at radius 3 is 2.57 bits per heavy atom. The van der Waals surface area contributed by atoms with Crippen molar-refractivity contribution in [3.8, 4) is 11.1 Å². The zero-order valence-corrected chi connectivity index (χ0v) is 7.44. The van der Waals surface area contributed by atoms with Crippen LogP contribution in [-0.4, -0.2) is 4.98 Å². The van der Waals surface area contributed by atoms with Gasteiger partial charge in [-0.25, -0.2) is 4.39 Å². The second kappa shape index (κ2) is 3.58. The first-order valence-electron chi connectivity index (χ1n) is 4.23. The van der Waals surface area contributed by atoms with Crippen LogP contribution in [0.5, 0.6) is 0 Å². The van der Waals surface area contributed by atoms with E-state index in [4.69, 9.17) is 6.92 Å². The van der Waals surface area contributed by atoms with E-state index in [1.165, 1.54) is 6.07 Å². The fraction of sp³-hybridized carbons (Fsp3) is 0. The van der Waals surface area contributed by atoms with Crippen LogP contribution in [0.15, 0.2) is 42.7 Å². The molecule has 0 N–H and O–H groups in total. The van der Waals surface area contributed by atoms with Crippen LogP contribution < -0.4 is 0 Å². The quantitative estimate of drug-likeness (QED) is 0.665. The molecule has 2 radical (unpaired) electrons. The highest BCUT2D eigenvalue weighted by Gasteiger charge is 2.05. The first-order chi connectivity index (χ1) is 6.79. The number of halogens is 1. The monoisotopic (exact) mass is 185 g/mol. The summed E-state index contributed by atoms with van der Waals surface area (Å²) in [5.41, 5.74) is 1.65. The third-order valence-corrected chi connectivity index (χ3v) is 2.02. The van der Waals surface area contributed by atoms with Gasteiger partial charge < -0.3 is 0 Å². The molecule has 0 aliphatic carbocycles. The summed E-state index contributed by atoms with van der Waals surface area (Å²) in [6.45, 7) is 5.71. The van der Waals surface area contributed by atoms with Crippen LogP contribution in [0.3, 0.4) is 0 Å². The highest BCUT2D eigenvalue weighted by molar-refractivity contribution is 5.67. The zero-order chi connectivity index (χ0) is 9.97. The normalized spacial score (nSPS) is 10.1. The molecule has 1 nitrogen and oxygen atoms in total. The standard InChI is InChI=1S/C12H8FN/c1-9-6-7-14-8-11(9)10-4-2-3-5-12(10)13/h1-8H. The third kappa shape index (κ3) is 1.51. The van der Waals surface area contributed by atoms with E-state index in [0.29, 0.717) is 16.7 Å². The average Bonchev–Trinajstić information content (AvgIpc) is 2.20. The third-order valence-electron chi connectivity index (χ3n) is 2.02. The van der Waals surface area contributed by atoms with E-state index in [0.717, 1.165) is 0 Å². The SMILES string of the molecule is [CH]c1ccncc1-c1ccccc1F. The van der Waals surface area contributed by atoms with Crippen LogP contribution in [0.2, 0.25) is 0 Å². The van der Waals surface area contributed by atoms with Crippen molar-refractivity contribution in [2.24, 2.45) is 0 Å². The number of nitrogens with zero attached hydrogens (tertiary/aromatic N) is 1. The predicted octanol–water partition coefficient (Wildman–Crippen LogP) is 2.95. The topological polar surface area (TPSA) is 12.9 Å². The molecule has 0 saturated carbocycles. The number of rotatable bonds is 1. The van der Waals surface area contributed by atoms with Crippen LogP contribution in [0.4, 0.5) is 4.39 Å². The van der Waals surface area contributed by atoms with Crippen molar-refractivity contribution in [1.82, 2.24) is 4.98 Å². The summed E-state index contributed by atoms with van der Waals surface area (Å²) in [6.07, 6.45) is 3.15. The average molecular weight is 185 g/mol. The van der Waals surface area contributed by atoms with Crippen molar-refractivity contribution in [1.29, 1.82) is 0 Å². The van der Waals surface area contributed by atoms with Crippen LogP contribution >= 0.6 is 0 Å². The first kappa shape index (κ1) is 8.88. The van der Waals surface area contributed by atoms with Gasteiger partial charge in [0.15, 0.2) is 0 Å². The lowest BCUT2D eigenvalue weighted by Gasteiger charge is -2.05. The summed E-state index contributed by atoms with van der Waals surface area (Å²) < 4.78 is 13.4. The summed E-state index contributed by atoms with van der Waals surface area (Å²) >= 11 is 0. The van der Waals surface area contributed by atoms with E-state index in [-0.39, 0.29) is 5.82 Å². The van der Waals surface area contributed by atoms with Gasteiger partial charge >= 0.3 is 0 Å². The summed E-state index contributed by atoms with van der Waals surface area (Å²) in [7, 11) is 0. The maximum atomic E-state index is 13.4. The Labute approximate surface area is 82.2 Å². The van der Waals surface area contributed by atoms with E-state index in [1.54, 1.807) is 36.7 Å². The molecule has 0 fully saturated rings. The van der Waals surface area contributed by atoms with Crippen molar-refractivity contribution < 1.29 is 4.39 Å². The van der Waals surface area contributed by atoms with E-state index in [2.05, 4.69) is 4.98 Å². The Hall–Kier alpha value is -1.70. The molecule has 0 amide bonds. The minimum Gasteiger partial charge on any atom is -0.264 e. The van der Waals surface area contributed by atoms with Crippen molar-refractivity contribution in [2.45, 2.75) is 0 Å². The lowest BCUT2D eigenvalue weighted by molar-refractivity contribution is 0.631. The molecule has 2 aromatic rings. The molecule has 14 heavy (non-hydrogen) atoms. The lowest BCUT2D eigenvalue weighted by Crippen LogP contribution is -1.87. The van der Waals surface area contributed by atoms with Crippen molar-refractivity contribution in [2.75, 3.05) is 0 Å². The van der Waals surface area contributed by atoms with Gasteiger partial charge in [-0.05, 0) is 24.6 Å². The Bertz CT molecular complexity index is 408. The smallest absolute Gasteiger partial charge is 0.131 e. The summed E-state index contributed by atoms with van der Waals surface area (Å²) in [4.78, 5) is 3.92. The Kier molecular flexibility index (Phi) is 2.27. The van der Waals surface area contributed by atoms with Gasteiger partial charge in [-0.1, -0.05) is 18.2 Å². The molecule has 2 heteroatoms. The van der Waals surface area contributed by atoms with Gasteiger partial charge in [0, 0.05) is 23.5 Å². The molecule has 68 valence electrons. The number of aromatic nitrogens is 1. The number of pyridine rings is 1. The van der Waals surface area contributed by atoms with Crippen LogP contribution in [0.1, 0.15) is 5.56 Å². The minimum absolute atomic E-state index is 0.285. The van der Waals surface area contributed by atoms with Crippen molar-refractivity contribution >= 4 is 0 Å². The van der Waals surface area contributed by atoms with Gasteiger partial charge in [-0.15, -0.1) is 0 Å². The van der Waals surface area contributed by atoms with Gasteiger partial charge in [0.05, 0.1) is 0 Å². The summed E-state index contributed by atoms with van der Waals surface area (Å²) in [6, 6.07) is 8.16. The second-order valence-corrected chi connectivity index (χ2v) is 2.94. The fourth-order valence-electron chi connectivity index (χ4n) is 1.31. The van der Waals surface area contributed by atoms with E-state index in [1.807, 2.05) is 0 Å². The largest absolute Gasteiger partial charge is 0.264 e. The van der Waals surface area contributed by atoms with E-state index < -0.39 is 0 Å². The lowest BCUT2D eigenvalue weighted by atomic mass is 10.0. The fourth-order valence-corrected chi connectivity index (χ4v) is 1.31. The number of hydrogen-bond donors (Lipinski definition) is 0. The molecule has 1 aromatic carbocycles. The summed E-state index contributed by atoms with van der Waals surface area (Å²) in [5, 5.41) is 0. The Morgan fingerprint density at radius 2 is 1.86 bits per heavy atom. The van der Waals surface area contributed by atoms with E-state index >= 15 is 0 Å². The van der Waals surface area contributed by atoms with Crippen molar-refractivity contribution in [3.05, 3.63) is 61.0 Å². The molecule has 0 spiro atoms. The first-order valence-corrected chi connectivity index (χ1v) is 4.23. The molecule has 0 aliphatic heterocycles. The maximum Gasteiger partial charge on any atom is 0.131 e. The molecule has 0 atom stereocenters. The molecule has 0 unspecified atom stereocenters. The van der Waals surface area contributed by atoms with Gasteiger partial charge in [-0.3, -0.25) is 4.98 Å². The van der Waals surface area contributed by atoms with Gasteiger partial charge in [0.2, 0.25) is 0 Å². The van der Waals surface area contributed by atoms with Crippen LogP contribution in [-0.2, 0) is 0 Å². The van der Waals surface area contributed by atoms with E-state index in [9.17, 15) is 4.39 Å². The minimum atomic E-state index is -0.285. The summed E-state index contributed by atoms with van der Waals surface area (Å²) in [5.74, 6) is -0.285.